The normalized spacial score (nSPS) is 29.3. The van der Waals surface area contributed by atoms with Crippen molar-refractivity contribution in [3.8, 4) is 0 Å². The zero-order chi connectivity index (χ0) is 42.4. The minimum atomic E-state index is 0.439. The van der Waals surface area contributed by atoms with Gasteiger partial charge in [-0.1, -0.05) is 174 Å². The summed E-state index contributed by atoms with van der Waals surface area (Å²) >= 11 is 0. The molecule has 2 heteroatoms. The molecule has 342 valence electrons. The Balaban J connectivity index is 1.03. The van der Waals surface area contributed by atoms with Crippen LogP contribution in [0.1, 0.15) is 241 Å². The summed E-state index contributed by atoms with van der Waals surface area (Å²) in [4.78, 5) is 2.43. The van der Waals surface area contributed by atoms with Crippen LogP contribution in [-0.2, 0) is 4.74 Å². The summed E-state index contributed by atoms with van der Waals surface area (Å²) in [6.07, 6.45) is 55.6. The fourth-order valence-electron chi connectivity index (χ4n) is 13.6. The first kappa shape index (κ1) is 50.8. The Morgan fingerprint density at radius 1 is 0.678 bits per heavy atom. The molecule has 0 heterocycles. The molecule has 4 aliphatic rings. The standard InChI is InChI=1S/C57H103NO/c1-9-10-11-12-13-14-15-16-17-18-19-20-21-22-23-24-25-26-28-34-49(46-58(7)8)35-29-27-30-44-59-51-40-42-56(5)50(45-51)36-37-52-54-39-38-53(48(4)33-31-32-47(2)3)57(54,6)43-41-55(52)56/h13-14,16-17,36,47-49,51-55H,9-12,15,18-35,37-46H2,1-8H3/b14-13-,17-16-/t48?,49?,51-,52?,53?,54?,55?,56?,57+/m0/s1. The van der Waals surface area contributed by atoms with E-state index in [1.54, 1.807) is 5.57 Å². The van der Waals surface area contributed by atoms with Crippen LogP contribution in [0.2, 0.25) is 0 Å². The largest absolute Gasteiger partial charge is 0.378 e. The zero-order valence-corrected chi connectivity index (χ0v) is 41.2. The molecule has 0 aromatic rings. The van der Waals surface area contributed by atoms with Crippen LogP contribution in [0.15, 0.2) is 36.0 Å². The molecule has 4 rings (SSSR count). The van der Waals surface area contributed by atoms with Crippen molar-refractivity contribution in [1.82, 2.24) is 4.90 Å². The van der Waals surface area contributed by atoms with Crippen molar-refractivity contribution in [2.45, 2.75) is 247 Å². The highest BCUT2D eigenvalue weighted by Crippen LogP contribution is 2.67. The van der Waals surface area contributed by atoms with Gasteiger partial charge >= 0.3 is 0 Å². The predicted molar refractivity (Wildman–Crippen MR) is 261 cm³/mol. The van der Waals surface area contributed by atoms with Crippen LogP contribution in [0.3, 0.4) is 0 Å². The van der Waals surface area contributed by atoms with E-state index < -0.39 is 0 Å². The number of hydrogen-bond donors (Lipinski definition) is 0. The fourth-order valence-corrected chi connectivity index (χ4v) is 13.6. The summed E-state index contributed by atoms with van der Waals surface area (Å²) in [5, 5.41) is 0. The Bertz CT molecular complexity index is 1180. The molecule has 0 aromatic carbocycles. The molecular formula is C57H103NO. The van der Waals surface area contributed by atoms with Crippen LogP contribution in [0, 0.1) is 52.3 Å². The molecule has 0 spiro atoms. The second-order valence-electron chi connectivity index (χ2n) is 22.4. The van der Waals surface area contributed by atoms with Gasteiger partial charge < -0.3 is 9.64 Å². The molecule has 59 heavy (non-hydrogen) atoms. The molecule has 0 aliphatic heterocycles. The van der Waals surface area contributed by atoms with E-state index in [1.807, 2.05) is 0 Å². The lowest BCUT2D eigenvalue weighted by molar-refractivity contribution is -0.0641. The van der Waals surface area contributed by atoms with Gasteiger partial charge in [0.15, 0.2) is 0 Å². The molecule has 0 saturated heterocycles. The van der Waals surface area contributed by atoms with Crippen molar-refractivity contribution in [2.24, 2.45) is 52.3 Å². The average Bonchev–Trinajstić information content (AvgIpc) is 3.57. The molecule has 0 N–H and O–H groups in total. The smallest absolute Gasteiger partial charge is 0.0612 e. The van der Waals surface area contributed by atoms with Gasteiger partial charge in [0.1, 0.15) is 0 Å². The van der Waals surface area contributed by atoms with Crippen molar-refractivity contribution in [2.75, 3.05) is 27.2 Å². The van der Waals surface area contributed by atoms with Gasteiger partial charge in [-0.05, 0) is 169 Å². The summed E-state index contributed by atoms with van der Waals surface area (Å²) in [6.45, 7) is 17.4. The van der Waals surface area contributed by atoms with Crippen LogP contribution in [0.4, 0.5) is 0 Å². The molecule has 0 aromatic heterocycles. The lowest BCUT2D eigenvalue weighted by Crippen LogP contribution is -2.51. The molecule has 9 atom stereocenters. The van der Waals surface area contributed by atoms with Crippen LogP contribution >= 0.6 is 0 Å². The average molecular weight is 818 g/mol. The van der Waals surface area contributed by atoms with Gasteiger partial charge in [-0.25, -0.2) is 0 Å². The number of rotatable bonds is 32. The minimum Gasteiger partial charge on any atom is -0.378 e. The van der Waals surface area contributed by atoms with Crippen LogP contribution < -0.4 is 0 Å². The topological polar surface area (TPSA) is 12.5 Å². The van der Waals surface area contributed by atoms with Gasteiger partial charge in [0, 0.05) is 13.2 Å². The fraction of sp³-hybridized carbons (Fsp3) is 0.895. The van der Waals surface area contributed by atoms with Crippen molar-refractivity contribution in [1.29, 1.82) is 0 Å². The first-order chi connectivity index (χ1) is 28.6. The quantitative estimate of drug-likeness (QED) is 0.0495. The van der Waals surface area contributed by atoms with E-state index in [0.29, 0.717) is 16.9 Å². The van der Waals surface area contributed by atoms with E-state index in [0.717, 1.165) is 54.5 Å². The molecule has 0 bridgehead atoms. The third-order valence-corrected chi connectivity index (χ3v) is 17.1. The molecule has 3 saturated carbocycles. The monoisotopic (exact) mass is 818 g/mol. The highest BCUT2D eigenvalue weighted by atomic mass is 16.5. The zero-order valence-electron chi connectivity index (χ0n) is 41.2. The van der Waals surface area contributed by atoms with Gasteiger partial charge in [-0.2, -0.15) is 0 Å². The highest BCUT2D eigenvalue weighted by Gasteiger charge is 2.59. The molecule has 3 fully saturated rings. The van der Waals surface area contributed by atoms with Gasteiger partial charge in [-0.3, -0.25) is 0 Å². The maximum atomic E-state index is 6.68. The van der Waals surface area contributed by atoms with Gasteiger partial charge in [0.25, 0.3) is 0 Å². The lowest BCUT2D eigenvalue weighted by Gasteiger charge is -2.58. The van der Waals surface area contributed by atoms with Gasteiger partial charge in [-0.15, -0.1) is 0 Å². The van der Waals surface area contributed by atoms with E-state index in [1.165, 1.54) is 199 Å². The third kappa shape index (κ3) is 17.0. The van der Waals surface area contributed by atoms with Crippen molar-refractivity contribution in [3.05, 3.63) is 36.0 Å². The van der Waals surface area contributed by atoms with Crippen molar-refractivity contribution >= 4 is 0 Å². The van der Waals surface area contributed by atoms with E-state index in [-0.39, 0.29) is 0 Å². The first-order valence-corrected chi connectivity index (χ1v) is 26.8. The maximum Gasteiger partial charge on any atom is 0.0612 e. The summed E-state index contributed by atoms with van der Waals surface area (Å²) in [7, 11) is 4.54. The number of unbranched alkanes of at least 4 members (excludes halogenated alkanes) is 14. The Morgan fingerprint density at radius 2 is 1.32 bits per heavy atom. The minimum absolute atomic E-state index is 0.439. The van der Waals surface area contributed by atoms with E-state index in [4.69, 9.17) is 4.74 Å². The van der Waals surface area contributed by atoms with E-state index in [2.05, 4.69) is 90.9 Å². The Hall–Kier alpha value is -0.860. The molecule has 0 amide bonds. The SMILES string of the molecule is CCCCC/C=C\C/C=C\CCCCCCCCCCCC(CCCCCO[C@H]1CCC2(C)C(=CCC3C2CC[C@]2(C)C(C(C)CCCC(C)C)CCC32)C1)CN(C)C. The van der Waals surface area contributed by atoms with Crippen LogP contribution in [0.25, 0.3) is 0 Å². The number of fused-ring (bicyclic) bond motifs is 5. The molecule has 7 unspecified atom stereocenters. The molecule has 4 aliphatic carbocycles. The first-order valence-electron chi connectivity index (χ1n) is 26.8. The van der Waals surface area contributed by atoms with Crippen LogP contribution in [-0.4, -0.2) is 38.3 Å². The molecule has 0 radical (unpaired) electrons. The number of hydrogen-bond acceptors (Lipinski definition) is 2. The second kappa shape index (κ2) is 28.0. The molecular weight excluding hydrogens is 715 g/mol. The Kier molecular flexibility index (Phi) is 24.1. The number of allylic oxidation sites excluding steroid dienone is 5. The van der Waals surface area contributed by atoms with Crippen molar-refractivity contribution < 1.29 is 4.74 Å². The Morgan fingerprint density at radius 3 is 1.98 bits per heavy atom. The summed E-state index contributed by atoms with van der Waals surface area (Å²) in [6, 6.07) is 0. The predicted octanol–water partition coefficient (Wildman–Crippen LogP) is 17.5. The molecule has 2 nitrogen and oxygen atoms in total. The van der Waals surface area contributed by atoms with Gasteiger partial charge in [0.05, 0.1) is 6.10 Å². The third-order valence-electron chi connectivity index (χ3n) is 17.1. The maximum absolute atomic E-state index is 6.68. The lowest BCUT2D eigenvalue weighted by atomic mass is 9.47. The van der Waals surface area contributed by atoms with Crippen LogP contribution in [0.5, 0.6) is 0 Å². The van der Waals surface area contributed by atoms with Gasteiger partial charge in [0.2, 0.25) is 0 Å². The van der Waals surface area contributed by atoms with E-state index in [9.17, 15) is 0 Å². The van der Waals surface area contributed by atoms with E-state index >= 15 is 0 Å². The highest BCUT2D eigenvalue weighted by molar-refractivity contribution is 5.25. The van der Waals surface area contributed by atoms with Crippen molar-refractivity contribution in [3.63, 3.8) is 0 Å². The Labute approximate surface area is 370 Å². The summed E-state index contributed by atoms with van der Waals surface area (Å²) < 4.78 is 6.68. The second-order valence-corrected chi connectivity index (χ2v) is 22.4. The summed E-state index contributed by atoms with van der Waals surface area (Å²) in [5.41, 5.74) is 2.83. The number of nitrogens with zero attached hydrogens (tertiary/aromatic N) is 1. The number of ether oxygens (including phenoxy) is 1. The summed E-state index contributed by atoms with van der Waals surface area (Å²) in [5.74, 6) is 6.40.